The Kier molecular flexibility index (Phi) is 8.02. The summed E-state index contributed by atoms with van der Waals surface area (Å²) in [6.07, 6.45) is 1.61. The number of ether oxygens (including phenoxy) is 1. The number of amides is 1. The van der Waals surface area contributed by atoms with Crippen molar-refractivity contribution in [2.24, 2.45) is 0 Å². The molecular formula is C21H28N2O4S. The standard InChI is InChI=1S/C21H28N2O4S/c1-4-27-19-12-14-20(15-13-19)28(25,26)23-17(3)21(24)22-16(2)10-11-18-8-6-5-7-9-18/h5-9,12-17,23H,4,10-11H2,1-3H3,(H,22,24)/t16-,17-/m0/s1. The van der Waals surface area contributed by atoms with E-state index in [2.05, 4.69) is 10.0 Å². The maximum absolute atomic E-state index is 12.5. The van der Waals surface area contributed by atoms with E-state index in [1.54, 1.807) is 12.1 Å². The minimum atomic E-state index is -3.79. The number of benzene rings is 2. The molecule has 0 saturated heterocycles. The van der Waals surface area contributed by atoms with E-state index in [0.717, 1.165) is 12.8 Å². The van der Waals surface area contributed by atoms with Gasteiger partial charge in [-0.15, -0.1) is 0 Å². The highest BCUT2D eigenvalue weighted by Crippen LogP contribution is 2.16. The molecule has 2 aromatic rings. The van der Waals surface area contributed by atoms with Gasteiger partial charge >= 0.3 is 0 Å². The number of hydrogen-bond acceptors (Lipinski definition) is 4. The summed E-state index contributed by atoms with van der Waals surface area (Å²) in [4.78, 5) is 12.4. The maximum atomic E-state index is 12.5. The smallest absolute Gasteiger partial charge is 0.241 e. The van der Waals surface area contributed by atoms with Gasteiger partial charge in [0.1, 0.15) is 5.75 Å². The van der Waals surface area contributed by atoms with Gasteiger partial charge in [-0.2, -0.15) is 4.72 Å². The second-order valence-electron chi connectivity index (χ2n) is 6.68. The van der Waals surface area contributed by atoms with Crippen LogP contribution in [0.3, 0.4) is 0 Å². The van der Waals surface area contributed by atoms with E-state index in [4.69, 9.17) is 4.74 Å². The molecule has 1 amide bonds. The van der Waals surface area contributed by atoms with Gasteiger partial charge in [-0.05, 0) is 63.4 Å². The van der Waals surface area contributed by atoms with Crippen LogP contribution in [0.15, 0.2) is 59.5 Å². The second kappa shape index (κ2) is 10.2. The Morgan fingerprint density at radius 1 is 1.04 bits per heavy atom. The molecule has 0 aliphatic carbocycles. The molecule has 2 aromatic carbocycles. The van der Waals surface area contributed by atoms with Crippen molar-refractivity contribution in [2.75, 3.05) is 6.61 Å². The lowest BCUT2D eigenvalue weighted by atomic mass is 10.1. The Balaban J connectivity index is 1.87. The van der Waals surface area contributed by atoms with Crippen LogP contribution in [0, 0.1) is 0 Å². The first-order valence-corrected chi connectivity index (χ1v) is 10.9. The fraction of sp³-hybridized carbons (Fsp3) is 0.381. The molecule has 0 saturated carbocycles. The zero-order valence-electron chi connectivity index (χ0n) is 16.5. The molecule has 7 heteroatoms. The van der Waals surface area contributed by atoms with Crippen molar-refractivity contribution in [1.82, 2.24) is 10.0 Å². The first-order valence-electron chi connectivity index (χ1n) is 9.41. The number of hydrogen-bond donors (Lipinski definition) is 2. The van der Waals surface area contributed by atoms with Crippen molar-refractivity contribution in [1.29, 1.82) is 0 Å². The Labute approximate surface area is 167 Å². The Morgan fingerprint density at radius 2 is 1.68 bits per heavy atom. The Hall–Kier alpha value is -2.38. The summed E-state index contributed by atoms with van der Waals surface area (Å²) in [5.41, 5.74) is 1.20. The van der Waals surface area contributed by atoms with E-state index < -0.39 is 16.1 Å². The highest BCUT2D eigenvalue weighted by molar-refractivity contribution is 7.89. The zero-order chi connectivity index (χ0) is 20.6. The molecule has 6 nitrogen and oxygen atoms in total. The van der Waals surface area contributed by atoms with Gasteiger partial charge in [0.05, 0.1) is 17.5 Å². The van der Waals surface area contributed by atoms with Gasteiger partial charge in [-0.25, -0.2) is 8.42 Å². The molecule has 0 bridgehead atoms. The van der Waals surface area contributed by atoms with Gasteiger partial charge in [-0.1, -0.05) is 30.3 Å². The number of nitrogens with one attached hydrogen (secondary N) is 2. The van der Waals surface area contributed by atoms with E-state index in [0.29, 0.717) is 12.4 Å². The van der Waals surface area contributed by atoms with Gasteiger partial charge in [0.25, 0.3) is 0 Å². The van der Waals surface area contributed by atoms with E-state index in [9.17, 15) is 13.2 Å². The Bertz CT molecular complexity index is 852. The van der Waals surface area contributed by atoms with Crippen LogP contribution >= 0.6 is 0 Å². The van der Waals surface area contributed by atoms with Crippen LogP contribution in [0.25, 0.3) is 0 Å². The van der Waals surface area contributed by atoms with Crippen LogP contribution in [-0.2, 0) is 21.2 Å². The minimum absolute atomic E-state index is 0.0647. The predicted molar refractivity (Wildman–Crippen MR) is 110 cm³/mol. The monoisotopic (exact) mass is 404 g/mol. The molecule has 0 aliphatic heterocycles. The van der Waals surface area contributed by atoms with Crippen molar-refractivity contribution in [3.05, 3.63) is 60.2 Å². The molecule has 152 valence electrons. The quantitative estimate of drug-likeness (QED) is 0.638. The van der Waals surface area contributed by atoms with Gasteiger partial charge in [0.2, 0.25) is 15.9 Å². The van der Waals surface area contributed by atoms with E-state index in [1.807, 2.05) is 44.2 Å². The molecule has 2 rings (SSSR count). The van der Waals surface area contributed by atoms with Crippen molar-refractivity contribution >= 4 is 15.9 Å². The molecule has 28 heavy (non-hydrogen) atoms. The lowest BCUT2D eigenvalue weighted by Gasteiger charge is -2.19. The van der Waals surface area contributed by atoms with Crippen molar-refractivity contribution < 1.29 is 17.9 Å². The number of carbonyl (C=O) groups is 1. The number of carbonyl (C=O) groups excluding carboxylic acids is 1. The van der Waals surface area contributed by atoms with Crippen LogP contribution in [-0.4, -0.2) is 33.0 Å². The molecule has 2 atom stereocenters. The highest BCUT2D eigenvalue weighted by Gasteiger charge is 2.23. The second-order valence-corrected chi connectivity index (χ2v) is 8.40. The van der Waals surface area contributed by atoms with Crippen LogP contribution in [0.2, 0.25) is 0 Å². The average Bonchev–Trinajstić information content (AvgIpc) is 2.67. The first-order chi connectivity index (χ1) is 13.3. The molecule has 0 radical (unpaired) electrons. The number of aryl methyl sites for hydroxylation is 1. The van der Waals surface area contributed by atoms with Gasteiger partial charge < -0.3 is 10.1 Å². The molecule has 0 aromatic heterocycles. The van der Waals surface area contributed by atoms with Gasteiger partial charge in [-0.3, -0.25) is 4.79 Å². The van der Waals surface area contributed by atoms with Crippen LogP contribution in [0.5, 0.6) is 5.75 Å². The normalized spacial score (nSPS) is 13.5. The fourth-order valence-electron chi connectivity index (χ4n) is 2.70. The minimum Gasteiger partial charge on any atom is -0.494 e. The summed E-state index contributed by atoms with van der Waals surface area (Å²) in [5.74, 6) is 0.245. The topological polar surface area (TPSA) is 84.5 Å². The van der Waals surface area contributed by atoms with Crippen LogP contribution < -0.4 is 14.8 Å². The summed E-state index contributed by atoms with van der Waals surface area (Å²) < 4.78 is 32.7. The summed E-state index contributed by atoms with van der Waals surface area (Å²) in [6, 6.07) is 15.2. The van der Waals surface area contributed by atoms with E-state index >= 15 is 0 Å². The molecule has 0 aliphatic rings. The van der Waals surface area contributed by atoms with Crippen LogP contribution in [0.1, 0.15) is 32.8 Å². The summed E-state index contributed by atoms with van der Waals surface area (Å²) >= 11 is 0. The van der Waals surface area contributed by atoms with E-state index in [-0.39, 0.29) is 16.8 Å². The maximum Gasteiger partial charge on any atom is 0.241 e. The number of sulfonamides is 1. The summed E-state index contributed by atoms with van der Waals surface area (Å²) in [5, 5.41) is 2.86. The molecule has 2 N–H and O–H groups in total. The van der Waals surface area contributed by atoms with Gasteiger partial charge in [0.15, 0.2) is 0 Å². The lowest BCUT2D eigenvalue weighted by molar-refractivity contribution is -0.123. The predicted octanol–water partition coefficient (Wildman–Crippen LogP) is 2.89. The largest absolute Gasteiger partial charge is 0.494 e. The zero-order valence-corrected chi connectivity index (χ0v) is 17.3. The fourth-order valence-corrected chi connectivity index (χ4v) is 3.91. The van der Waals surface area contributed by atoms with Crippen LogP contribution in [0.4, 0.5) is 0 Å². The molecule has 0 heterocycles. The van der Waals surface area contributed by atoms with E-state index in [1.165, 1.54) is 24.6 Å². The first kappa shape index (κ1) is 21.9. The lowest BCUT2D eigenvalue weighted by Crippen LogP contribution is -2.47. The average molecular weight is 405 g/mol. The molecule has 0 fully saturated rings. The SMILES string of the molecule is CCOc1ccc(S(=O)(=O)N[C@@H](C)C(=O)N[C@@H](C)CCc2ccccc2)cc1. The third-order valence-corrected chi connectivity index (χ3v) is 5.82. The highest BCUT2D eigenvalue weighted by atomic mass is 32.2. The summed E-state index contributed by atoms with van der Waals surface area (Å²) in [7, 11) is -3.79. The van der Waals surface area contributed by atoms with Crippen molar-refractivity contribution in [3.63, 3.8) is 0 Å². The third kappa shape index (κ3) is 6.65. The summed E-state index contributed by atoms with van der Waals surface area (Å²) in [6.45, 7) is 5.80. The van der Waals surface area contributed by atoms with Crippen molar-refractivity contribution in [3.8, 4) is 5.75 Å². The third-order valence-electron chi connectivity index (χ3n) is 4.27. The molecule has 0 spiro atoms. The Morgan fingerprint density at radius 3 is 2.29 bits per heavy atom. The number of rotatable bonds is 10. The van der Waals surface area contributed by atoms with Crippen molar-refractivity contribution in [2.45, 2.75) is 50.6 Å². The molecular weight excluding hydrogens is 376 g/mol. The van der Waals surface area contributed by atoms with Gasteiger partial charge in [0, 0.05) is 6.04 Å². The molecule has 0 unspecified atom stereocenters.